The van der Waals surface area contributed by atoms with E-state index < -0.39 is 17.6 Å². The number of rotatable bonds is 15. The number of hydrogen-bond acceptors (Lipinski definition) is 6. The Bertz CT molecular complexity index is 715. The van der Waals surface area contributed by atoms with E-state index in [9.17, 15) is 0 Å². The van der Waals surface area contributed by atoms with Crippen molar-refractivity contribution in [1.82, 2.24) is 0 Å². The molecule has 0 aliphatic carbocycles. The van der Waals surface area contributed by atoms with Gasteiger partial charge in [0.25, 0.3) is 0 Å². The third-order valence-electron chi connectivity index (χ3n) is 4.77. The first-order chi connectivity index (χ1) is 15.5. The molecule has 0 spiro atoms. The molecule has 32 heavy (non-hydrogen) atoms. The van der Waals surface area contributed by atoms with E-state index in [0.29, 0.717) is 39.6 Å². The average Bonchev–Trinajstić information content (AvgIpc) is 2.80. The van der Waals surface area contributed by atoms with Crippen molar-refractivity contribution in [2.24, 2.45) is 0 Å². The molecule has 6 nitrogen and oxygen atoms in total. The van der Waals surface area contributed by atoms with Gasteiger partial charge in [-0.3, -0.25) is 0 Å². The molecule has 178 valence electrons. The standard InChI is InChI=1S/C24H38O6Si2/c1-7-25-31(26-8-2,27-9-3)23-17-13-15-21(19-23)22-16-14-18-24(20-22)32(28-10-4,29-11-5)30-12-6/h13-20H,7-12H2,1-6H3. The second-order valence-corrected chi connectivity index (χ2v) is 12.0. The van der Waals surface area contributed by atoms with Crippen molar-refractivity contribution >= 4 is 28.0 Å². The predicted molar refractivity (Wildman–Crippen MR) is 132 cm³/mol. The quantitative estimate of drug-likeness (QED) is 0.362. The Kier molecular flexibility index (Phi) is 11.2. The fourth-order valence-electron chi connectivity index (χ4n) is 3.67. The number of hydrogen-bond donors (Lipinski definition) is 0. The zero-order valence-electron chi connectivity index (χ0n) is 20.3. The van der Waals surface area contributed by atoms with Gasteiger partial charge in [0.05, 0.1) is 0 Å². The van der Waals surface area contributed by atoms with Crippen molar-refractivity contribution in [2.75, 3.05) is 39.6 Å². The minimum Gasteiger partial charge on any atom is -0.370 e. The Morgan fingerprint density at radius 1 is 0.469 bits per heavy atom. The van der Waals surface area contributed by atoms with E-state index in [2.05, 4.69) is 24.3 Å². The van der Waals surface area contributed by atoms with Crippen LogP contribution >= 0.6 is 0 Å². The van der Waals surface area contributed by atoms with Crippen molar-refractivity contribution in [3.8, 4) is 11.1 Å². The maximum Gasteiger partial charge on any atom is 0.537 e. The predicted octanol–water partition coefficient (Wildman–Crippen LogP) is 3.86. The molecule has 0 saturated carbocycles. The molecule has 0 heterocycles. The van der Waals surface area contributed by atoms with Crippen molar-refractivity contribution in [3.05, 3.63) is 48.5 Å². The third kappa shape index (κ3) is 6.36. The van der Waals surface area contributed by atoms with Crippen LogP contribution in [0.3, 0.4) is 0 Å². The normalized spacial score (nSPS) is 12.3. The van der Waals surface area contributed by atoms with Crippen LogP contribution in [-0.2, 0) is 26.6 Å². The summed E-state index contributed by atoms with van der Waals surface area (Å²) >= 11 is 0. The van der Waals surface area contributed by atoms with Crippen molar-refractivity contribution in [3.63, 3.8) is 0 Å². The Labute approximate surface area is 195 Å². The summed E-state index contributed by atoms with van der Waals surface area (Å²) in [5.41, 5.74) is 2.10. The summed E-state index contributed by atoms with van der Waals surface area (Å²) in [7, 11) is -5.98. The monoisotopic (exact) mass is 478 g/mol. The lowest BCUT2D eigenvalue weighted by Gasteiger charge is -2.29. The summed E-state index contributed by atoms with van der Waals surface area (Å²) in [6, 6.07) is 16.5. The van der Waals surface area contributed by atoms with Crippen LogP contribution in [0, 0.1) is 0 Å². The van der Waals surface area contributed by atoms with Gasteiger partial charge in [-0.15, -0.1) is 0 Å². The van der Waals surface area contributed by atoms with Gasteiger partial charge >= 0.3 is 17.6 Å². The SMILES string of the molecule is CCO[Si](OCC)(OCC)c1cccc(-c2cccc([Si](OCC)(OCC)OCC)c2)c1. The molecule has 0 bridgehead atoms. The molecule has 0 unspecified atom stereocenters. The van der Waals surface area contributed by atoms with Gasteiger partial charge in [0.2, 0.25) is 0 Å². The molecule has 8 heteroatoms. The summed E-state index contributed by atoms with van der Waals surface area (Å²) in [5.74, 6) is 0. The summed E-state index contributed by atoms with van der Waals surface area (Å²) in [5, 5.41) is 1.91. The van der Waals surface area contributed by atoms with E-state index in [1.807, 2.05) is 65.8 Å². The van der Waals surface area contributed by atoms with Crippen LogP contribution in [0.1, 0.15) is 41.5 Å². The smallest absolute Gasteiger partial charge is 0.370 e. The van der Waals surface area contributed by atoms with Crippen LogP contribution in [0.25, 0.3) is 11.1 Å². The summed E-state index contributed by atoms with van der Waals surface area (Å²) < 4.78 is 36.6. The third-order valence-corrected chi connectivity index (χ3v) is 10.8. The Balaban J connectivity index is 2.53. The molecule has 2 rings (SSSR count). The van der Waals surface area contributed by atoms with E-state index in [-0.39, 0.29) is 0 Å². The highest BCUT2D eigenvalue weighted by Crippen LogP contribution is 2.22. The molecule has 0 radical (unpaired) electrons. The first kappa shape index (κ1) is 26.9. The fourth-order valence-corrected chi connectivity index (χ4v) is 8.71. The molecule has 0 fully saturated rings. The highest BCUT2D eigenvalue weighted by molar-refractivity contribution is 6.76. The minimum atomic E-state index is -2.99. The second kappa shape index (κ2) is 13.4. The van der Waals surface area contributed by atoms with Gasteiger partial charge in [-0.05, 0) is 64.8 Å². The van der Waals surface area contributed by atoms with Crippen LogP contribution < -0.4 is 10.4 Å². The Morgan fingerprint density at radius 2 is 0.750 bits per heavy atom. The summed E-state index contributed by atoms with van der Waals surface area (Å²) in [6.07, 6.45) is 0. The maximum absolute atomic E-state index is 6.10. The zero-order valence-corrected chi connectivity index (χ0v) is 22.3. The molecule has 0 aliphatic rings. The molecule has 0 atom stereocenters. The zero-order chi connectivity index (χ0) is 23.5. The summed E-state index contributed by atoms with van der Waals surface area (Å²) in [6.45, 7) is 14.9. The maximum atomic E-state index is 6.10. The first-order valence-corrected chi connectivity index (χ1v) is 15.0. The highest BCUT2D eigenvalue weighted by atomic mass is 28.4. The lowest BCUT2D eigenvalue weighted by Crippen LogP contribution is -2.57. The highest BCUT2D eigenvalue weighted by Gasteiger charge is 2.44. The Morgan fingerprint density at radius 3 is 1.00 bits per heavy atom. The van der Waals surface area contributed by atoms with E-state index in [1.54, 1.807) is 0 Å². The van der Waals surface area contributed by atoms with Gasteiger partial charge in [-0.2, -0.15) is 0 Å². The van der Waals surface area contributed by atoms with Crippen molar-refractivity contribution in [1.29, 1.82) is 0 Å². The van der Waals surface area contributed by atoms with E-state index in [4.69, 9.17) is 26.6 Å². The molecule has 2 aromatic carbocycles. The van der Waals surface area contributed by atoms with Gasteiger partial charge in [0.1, 0.15) is 0 Å². The van der Waals surface area contributed by atoms with Crippen molar-refractivity contribution in [2.45, 2.75) is 41.5 Å². The van der Waals surface area contributed by atoms with Gasteiger partial charge in [-0.1, -0.05) is 36.4 Å². The molecule has 0 amide bonds. The first-order valence-electron chi connectivity index (χ1n) is 11.6. The van der Waals surface area contributed by atoms with Gasteiger partial charge in [0.15, 0.2) is 0 Å². The largest absolute Gasteiger partial charge is 0.537 e. The van der Waals surface area contributed by atoms with Crippen molar-refractivity contribution < 1.29 is 26.6 Å². The molecular weight excluding hydrogens is 440 g/mol. The van der Waals surface area contributed by atoms with E-state index >= 15 is 0 Å². The van der Waals surface area contributed by atoms with E-state index in [0.717, 1.165) is 21.5 Å². The topological polar surface area (TPSA) is 55.4 Å². The fraction of sp³-hybridized carbons (Fsp3) is 0.500. The minimum absolute atomic E-state index is 0.525. The van der Waals surface area contributed by atoms with Crippen LogP contribution in [0.2, 0.25) is 0 Å². The molecular formula is C24H38O6Si2. The molecule has 0 saturated heterocycles. The van der Waals surface area contributed by atoms with Crippen LogP contribution in [0.4, 0.5) is 0 Å². The lowest BCUT2D eigenvalue weighted by atomic mass is 10.1. The molecule has 0 aliphatic heterocycles. The van der Waals surface area contributed by atoms with Crippen LogP contribution in [-0.4, -0.2) is 57.3 Å². The molecule has 0 aromatic heterocycles. The van der Waals surface area contributed by atoms with Gasteiger partial charge in [-0.25, -0.2) is 0 Å². The molecule has 2 aromatic rings. The summed E-state index contributed by atoms with van der Waals surface area (Å²) in [4.78, 5) is 0. The van der Waals surface area contributed by atoms with Gasteiger partial charge in [0, 0.05) is 50.0 Å². The second-order valence-electron chi connectivity index (χ2n) is 6.87. The van der Waals surface area contributed by atoms with Crippen LogP contribution in [0.15, 0.2) is 48.5 Å². The Hall–Kier alpha value is -1.37. The average molecular weight is 479 g/mol. The number of benzene rings is 2. The lowest BCUT2D eigenvalue weighted by molar-refractivity contribution is 0.0851. The molecule has 0 N–H and O–H groups in total. The van der Waals surface area contributed by atoms with Gasteiger partial charge < -0.3 is 26.6 Å². The van der Waals surface area contributed by atoms with E-state index in [1.165, 1.54) is 0 Å². The van der Waals surface area contributed by atoms with Crippen LogP contribution in [0.5, 0.6) is 0 Å².